The number of hydrogen-bond acceptors (Lipinski definition) is 4. The van der Waals surface area contributed by atoms with E-state index in [0.717, 1.165) is 50.0 Å². The van der Waals surface area contributed by atoms with Gasteiger partial charge in [-0.3, -0.25) is 4.79 Å². The van der Waals surface area contributed by atoms with Crippen LogP contribution in [0.15, 0.2) is 18.2 Å². The summed E-state index contributed by atoms with van der Waals surface area (Å²) >= 11 is 6.26. The molecule has 0 amide bonds. The number of fused-ring (bicyclic) bond motifs is 2. The number of hydrogen-bond donors (Lipinski definition) is 1. The zero-order valence-electron chi connectivity index (χ0n) is 21.0. The third-order valence-corrected chi connectivity index (χ3v) is 10.2. The number of rotatable bonds is 6. The Morgan fingerprint density at radius 3 is 2.74 bits per heavy atom. The second kappa shape index (κ2) is 9.20. The summed E-state index contributed by atoms with van der Waals surface area (Å²) in [4.78, 5) is 15.1. The number of benzene rings is 1. The Labute approximate surface area is 208 Å². The molecule has 0 spiro atoms. The van der Waals surface area contributed by atoms with E-state index in [2.05, 4.69) is 24.0 Å². The third kappa shape index (κ3) is 4.55. The quantitative estimate of drug-likeness (QED) is 0.510. The molecule has 3 aliphatic rings. The SMILES string of the molecule is C[C@H]1CC[C@]2(C)[C@@H](C(=O)Cn3nc4cccc(Cl)c4n3)CC[C@H]2[C@@H]1CC[C@H]1CCC[C@@](C)(O)C1. The molecule has 1 aromatic carbocycles. The molecular weight excluding hydrogens is 446 g/mol. The van der Waals surface area contributed by atoms with Gasteiger partial charge in [0.1, 0.15) is 17.6 Å². The molecule has 1 N–H and O–H groups in total. The van der Waals surface area contributed by atoms with Crippen LogP contribution in [0.3, 0.4) is 0 Å². The van der Waals surface area contributed by atoms with Crippen molar-refractivity contribution in [3.05, 3.63) is 23.2 Å². The maximum atomic E-state index is 13.5. The molecule has 0 unspecified atom stereocenters. The number of aliphatic hydroxyl groups is 1. The molecule has 6 heteroatoms. The van der Waals surface area contributed by atoms with Gasteiger partial charge in [0.2, 0.25) is 0 Å². The van der Waals surface area contributed by atoms with E-state index in [1.165, 1.54) is 25.7 Å². The number of Topliss-reactive ketones (excluding diaryl/α,β-unsaturated/α-hetero) is 1. The molecule has 7 atom stereocenters. The maximum absolute atomic E-state index is 13.5. The highest BCUT2D eigenvalue weighted by Crippen LogP contribution is 2.60. The monoisotopic (exact) mass is 485 g/mol. The third-order valence-electron chi connectivity index (χ3n) is 9.85. The van der Waals surface area contributed by atoms with E-state index >= 15 is 0 Å². The maximum Gasteiger partial charge on any atom is 0.159 e. The van der Waals surface area contributed by atoms with E-state index in [1.807, 2.05) is 25.1 Å². The second-order valence-electron chi connectivity index (χ2n) is 12.3. The van der Waals surface area contributed by atoms with Crippen LogP contribution in [0.1, 0.15) is 85.0 Å². The van der Waals surface area contributed by atoms with E-state index in [0.29, 0.717) is 28.3 Å². The van der Waals surface area contributed by atoms with Crippen molar-refractivity contribution < 1.29 is 9.90 Å². The Hall–Kier alpha value is -1.46. The summed E-state index contributed by atoms with van der Waals surface area (Å²) in [5.74, 6) is 3.04. The van der Waals surface area contributed by atoms with Gasteiger partial charge in [-0.1, -0.05) is 50.8 Å². The van der Waals surface area contributed by atoms with Crippen molar-refractivity contribution in [1.29, 1.82) is 0 Å². The Bertz CT molecular complexity index is 1050. The number of aromatic nitrogens is 3. The highest BCUT2D eigenvalue weighted by Gasteiger charge is 2.54. The smallest absolute Gasteiger partial charge is 0.159 e. The van der Waals surface area contributed by atoms with Crippen molar-refractivity contribution in [3.63, 3.8) is 0 Å². The Morgan fingerprint density at radius 2 is 1.97 bits per heavy atom. The van der Waals surface area contributed by atoms with Gasteiger partial charge in [-0.2, -0.15) is 15.0 Å². The minimum Gasteiger partial charge on any atom is -0.390 e. The molecule has 34 heavy (non-hydrogen) atoms. The van der Waals surface area contributed by atoms with Crippen LogP contribution in [-0.2, 0) is 11.3 Å². The van der Waals surface area contributed by atoms with Crippen molar-refractivity contribution in [2.45, 2.75) is 97.1 Å². The average molecular weight is 486 g/mol. The van der Waals surface area contributed by atoms with Gasteiger partial charge in [-0.25, -0.2) is 0 Å². The van der Waals surface area contributed by atoms with Crippen molar-refractivity contribution in [3.8, 4) is 0 Å². The molecule has 0 bridgehead atoms. The molecule has 2 aromatic rings. The number of carbonyl (C=O) groups is 1. The topological polar surface area (TPSA) is 68.0 Å². The number of ketones is 1. The highest BCUT2D eigenvalue weighted by molar-refractivity contribution is 6.34. The van der Waals surface area contributed by atoms with Crippen LogP contribution in [0.5, 0.6) is 0 Å². The van der Waals surface area contributed by atoms with Gasteiger partial charge in [-0.05, 0) is 93.1 Å². The molecule has 3 saturated carbocycles. The number of nitrogens with zero attached hydrogens (tertiary/aromatic N) is 3. The zero-order valence-corrected chi connectivity index (χ0v) is 21.7. The molecule has 3 aliphatic carbocycles. The fourth-order valence-corrected chi connectivity index (χ4v) is 8.24. The zero-order chi connectivity index (χ0) is 24.1. The van der Waals surface area contributed by atoms with Crippen LogP contribution in [0.2, 0.25) is 5.02 Å². The Kier molecular flexibility index (Phi) is 6.56. The fraction of sp³-hybridized carbons (Fsp3) is 0.750. The number of halogens is 1. The first-order valence-electron chi connectivity index (χ1n) is 13.4. The molecular formula is C28H40ClN3O2. The predicted molar refractivity (Wildman–Crippen MR) is 136 cm³/mol. The van der Waals surface area contributed by atoms with E-state index < -0.39 is 5.60 Å². The highest BCUT2D eigenvalue weighted by atomic mass is 35.5. The lowest BCUT2D eigenvalue weighted by atomic mass is 9.56. The van der Waals surface area contributed by atoms with Crippen LogP contribution < -0.4 is 0 Å². The lowest BCUT2D eigenvalue weighted by Gasteiger charge is -2.48. The van der Waals surface area contributed by atoms with Gasteiger partial charge in [0, 0.05) is 5.92 Å². The first-order valence-corrected chi connectivity index (χ1v) is 13.8. The van der Waals surface area contributed by atoms with Crippen LogP contribution >= 0.6 is 11.6 Å². The van der Waals surface area contributed by atoms with Gasteiger partial charge in [-0.15, -0.1) is 0 Å². The molecule has 3 fully saturated rings. The molecule has 5 rings (SSSR count). The molecule has 0 radical (unpaired) electrons. The lowest BCUT2D eigenvalue weighted by molar-refractivity contribution is -0.129. The summed E-state index contributed by atoms with van der Waals surface area (Å²) in [5.41, 5.74) is 1.01. The van der Waals surface area contributed by atoms with Gasteiger partial charge in [0.05, 0.1) is 10.6 Å². The molecule has 0 saturated heterocycles. The summed E-state index contributed by atoms with van der Waals surface area (Å²) in [6.07, 6.45) is 11.3. The molecule has 186 valence electrons. The van der Waals surface area contributed by atoms with Crippen molar-refractivity contribution in [2.75, 3.05) is 0 Å². The van der Waals surface area contributed by atoms with E-state index in [9.17, 15) is 9.90 Å². The van der Waals surface area contributed by atoms with Crippen molar-refractivity contribution >= 4 is 28.4 Å². The second-order valence-corrected chi connectivity index (χ2v) is 12.7. The Morgan fingerprint density at radius 1 is 1.15 bits per heavy atom. The van der Waals surface area contributed by atoms with Gasteiger partial charge < -0.3 is 5.11 Å². The van der Waals surface area contributed by atoms with Crippen molar-refractivity contribution in [2.24, 2.45) is 35.0 Å². The molecule has 1 aromatic heterocycles. The van der Waals surface area contributed by atoms with E-state index in [1.54, 1.807) is 4.80 Å². The standard InChI is InChI=1S/C28H40ClN3O2/c1-18-13-15-28(3)21(20(18)10-9-19-6-5-14-27(2,34)16-19)11-12-22(28)25(33)17-32-30-24-8-4-7-23(29)26(24)31-32/h4,7-8,18-22,34H,5-6,9-17H2,1-3H3/t18-,19+,20+,21-,22+,27+,28-/m0/s1. The van der Waals surface area contributed by atoms with Gasteiger partial charge >= 0.3 is 0 Å². The number of carbonyl (C=O) groups excluding carboxylic acids is 1. The van der Waals surface area contributed by atoms with Gasteiger partial charge in [0.25, 0.3) is 0 Å². The summed E-state index contributed by atoms with van der Waals surface area (Å²) in [7, 11) is 0. The van der Waals surface area contributed by atoms with E-state index in [-0.39, 0.29) is 23.7 Å². The van der Waals surface area contributed by atoms with Crippen molar-refractivity contribution in [1.82, 2.24) is 15.0 Å². The molecule has 1 heterocycles. The minimum atomic E-state index is -0.476. The first kappa shape index (κ1) is 24.2. The minimum absolute atomic E-state index is 0.0799. The largest absolute Gasteiger partial charge is 0.390 e. The summed E-state index contributed by atoms with van der Waals surface area (Å²) in [6, 6.07) is 5.57. The average Bonchev–Trinajstić information content (AvgIpc) is 3.34. The van der Waals surface area contributed by atoms with E-state index in [4.69, 9.17) is 11.6 Å². The normalized spacial score (nSPS) is 38.2. The van der Waals surface area contributed by atoms with Crippen LogP contribution in [-0.4, -0.2) is 31.5 Å². The predicted octanol–water partition coefficient (Wildman–Crippen LogP) is 6.45. The van der Waals surface area contributed by atoms with Crippen LogP contribution in [0, 0.1) is 35.0 Å². The summed E-state index contributed by atoms with van der Waals surface area (Å²) in [5, 5.41) is 20.1. The van der Waals surface area contributed by atoms with Crippen LogP contribution in [0.25, 0.3) is 11.0 Å². The van der Waals surface area contributed by atoms with Crippen LogP contribution in [0.4, 0.5) is 0 Å². The van der Waals surface area contributed by atoms with Gasteiger partial charge in [0.15, 0.2) is 5.78 Å². The summed E-state index contributed by atoms with van der Waals surface area (Å²) < 4.78 is 0. The summed E-state index contributed by atoms with van der Waals surface area (Å²) in [6.45, 7) is 7.06. The first-order chi connectivity index (χ1) is 16.2. The lowest BCUT2D eigenvalue weighted by Crippen LogP contribution is -2.43. The fourth-order valence-electron chi connectivity index (χ4n) is 8.03. The molecule has 5 nitrogen and oxygen atoms in total. The Balaban J connectivity index is 1.27. The molecule has 0 aliphatic heterocycles.